The van der Waals surface area contributed by atoms with E-state index in [1.54, 1.807) is 18.2 Å². The van der Waals surface area contributed by atoms with E-state index < -0.39 is 15.9 Å². The van der Waals surface area contributed by atoms with E-state index in [4.69, 9.17) is 0 Å². The average molecular weight is 516 g/mol. The van der Waals surface area contributed by atoms with Crippen molar-refractivity contribution in [2.45, 2.75) is 102 Å². The van der Waals surface area contributed by atoms with Crippen molar-refractivity contribution >= 4 is 15.9 Å². The van der Waals surface area contributed by atoms with Gasteiger partial charge in [0, 0.05) is 6.42 Å². The summed E-state index contributed by atoms with van der Waals surface area (Å²) in [7, 11) is -3.82. The molecule has 2 N–H and O–H groups in total. The molecule has 4 aliphatic rings. The molecule has 0 spiro atoms. The van der Waals surface area contributed by atoms with Gasteiger partial charge in [0.2, 0.25) is 5.91 Å². The van der Waals surface area contributed by atoms with Crippen LogP contribution in [0.15, 0.2) is 35.2 Å². The Morgan fingerprint density at radius 3 is 2.50 bits per heavy atom. The molecule has 9 atom stereocenters. The monoisotopic (exact) mass is 515 g/mol. The van der Waals surface area contributed by atoms with E-state index in [0.29, 0.717) is 47.3 Å². The molecule has 4 saturated carbocycles. The van der Waals surface area contributed by atoms with Crippen molar-refractivity contribution in [2.75, 3.05) is 0 Å². The van der Waals surface area contributed by atoms with Crippen LogP contribution in [0.2, 0.25) is 0 Å². The third-order valence-electron chi connectivity index (χ3n) is 11.5. The summed E-state index contributed by atoms with van der Waals surface area (Å²) < 4.78 is 27.3. The number of carbonyl (C=O) groups is 1. The average Bonchev–Trinajstić information content (AvgIpc) is 3.20. The molecule has 0 saturated heterocycles. The van der Waals surface area contributed by atoms with Crippen molar-refractivity contribution in [3.63, 3.8) is 0 Å². The van der Waals surface area contributed by atoms with E-state index in [1.165, 1.54) is 57.1 Å². The van der Waals surface area contributed by atoms with E-state index in [1.807, 2.05) is 0 Å². The van der Waals surface area contributed by atoms with E-state index in [2.05, 4.69) is 25.5 Å². The molecule has 200 valence electrons. The van der Waals surface area contributed by atoms with Crippen LogP contribution in [0, 0.1) is 46.3 Å². The van der Waals surface area contributed by atoms with E-state index in [9.17, 15) is 18.3 Å². The zero-order valence-electron chi connectivity index (χ0n) is 22.3. The highest BCUT2D eigenvalue weighted by molar-refractivity contribution is 7.90. The molecule has 0 bridgehead atoms. The highest BCUT2D eigenvalue weighted by Crippen LogP contribution is 2.68. The molecule has 0 aliphatic heterocycles. The van der Waals surface area contributed by atoms with Gasteiger partial charge in [-0.3, -0.25) is 4.79 Å². The minimum Gasteiger partial charge on any atom is -0.393 e. The second-order valence-electron chi connectivity index (χ2n) is 13.1. The van der Waals surface area contributed by atoms with Gasteiger partial charge in [-0.05, 0) is 110 Å². The van der Waals surface area contributed by atoms with Gasteiger partial charge in [0.05, 0.1) is 11.0 Å². The van der Waals surface area contributed by atoms with Gasteiger partial charge in [-0.1, -0.05) is 51.8 Å². The fourth-order valence-corrected chi connectivity index (χ4v) is 10.7. The third kappa shape index (κ3) is 4.44. The second kappa shape index (κ2) is 9.72. The smallest absolute Gasteiger partial charge is 0.264 e. The lowest BCUT2D eigenvalue weighted by Crippen LogP contribution is -2.57. The highest BCUT2D eigenvalue weighted by Gasteiger charge is 2.62. The normalized spacial score (nSPS) is 41.0. The van der Waals surface area contributed by atoms with E-state index >= 15 is 0 Å². The number of carbonyl (C=O) groups excluding carboxylic acids is 1. The number of sulfonamides is 1. The Kier molecular flexibility index (Phi) is 7.08. The Labute approximate surface area is 217 Å². The summed E-state index contributed by atoms with van der Waals surface area (Å²) in [6, 6.07) is 8.08. The lowest BCUT2D eigenvalue weighted by molar-refractivity contribution is -0.164. The number of hydrogen-bond donors (Lipinski definition) is 2. The second-order valence-corrected chi connectivity index (χ2v) is 14.8. The number of nitrogens with one attached hydrogen (secondary N) is 1. The van der Waals surface area contributed by atoms with Crippen molar-refractivity contribution < 1.29 is 18.3 Å². The van der Waals surface area contributed by atoms with Crippen molar-refractivity contribution in [3.05, 3.63) is 30.3 Å². The van der Waals surface area contributed by atoms with Crippen LogP contribution in [0.5, 0.6) is 0 Å². The van der Waals surface area contributed by atoms with Crippen LogP contribution in [0.1, 0.15) is 91.4 Å². The lowest BCUT2D eigenvalue weighted by Gasteiger charge is -2.62. The number of hydrogen-bond acceptors (Lipinski definition) is 4. The molecule has 4 aliphatic carbocycles. The molecule has 5 rings (SSSR count). The molecule has 6 heteroatoms. The molecular weight excluding hydrogens is 470 g/mol. The molecule has 5 nitrogen and oxygen atoms in total. The van der Waals surface area contributed by atoms with Crippen molar-refractivity contribution in [2.24, 2.45) is 46.3 Å². The predicted octanol–water partition coefficient (Wildman–Crippen LogP) is 5.93. The minimum absolute atomic E-state index is 0.120. The van der Waals surface area contributed by atoms with Gasteiger partial charge in [-0.25, -0.2) is 13.1 Å². The first-order valence-corrected chi connectivity index (χ1v) is 15.8. The standard InChI is InChI=1S/C30H45NO4S/c1-20(12-15-27(33)31-36(34,35)22-10-5-4-6-11-22)23-13-14-24-28-25(16-18-30(23,24)3)29(2)17-8-7-9-21(29)19-26(28)32/h4-6,10-11,20-21,23-26,28,32H,7-9,12-19H2,1-3H3,(H,31,33)/t20-,21+,23-,24?,25?,26+,28?,29+,30-/m1/s1. The number of amides is 1. The first-order valence-electron chi connectivity index (χ1n) is 14.3. The van der Waals surface area contributed by atoms with Crippen molar-refractivity contribution in [1.82, 2.24) is 4.72 Å². The van der Waals surface area contributed by atoms with Crippen molar-refractivity contribution in [3.8, 4) is 0 Å². The fourth-order valence-electron chi connectivity index (χ4n) is 9.65. The van der Waals surface area contributed by atoms with Crippen LogP contribution < -0.4 is 4.72 Å². The van der Waals surface area contributed by atoms with Gasteiger partial charge in [0.1, 0.15) is 0 Å². The van der Waals surface area contributed by atoms with Crippen LogP contribution in [0.25, 0.3) is 0 Å². The van der Waals surface area contributed by atoms with Gasteiger partial charge in [-0.15, -0.1) is 0 Å². The third-order valence-corrected chi connectivity index (χ3v) is 12.9. The Bertz CT molecular complexity index is 1060. The Balaban J connectivity index is 1.23. The fraction of sp³-hybridized carbons (Fsp3) is 0.767. The van der Waals surface area contributed by atoms with E-state index in [0.717, 1.165) is 12.8 Å². The van der Waals surface area contributed by atoms with Crippen LogP contribution in [0.4, 0.5) is 0 Å². The molecule has 1 amide bonds. The van der Waals surface area contributed by atoms with Crippen LogP contribution in [0.3, 0.4) is 0 Å². The van der Waals surface area contributed by atoms with E-state index in [-0.39, 0.29) is 22.8 Å². The summed E-state index contributed by atoms with van der Waals surface area (Å²) in [6.07, 6.45) is 11.8. The van der Waals surface area contributed by atoms with Gasteiger partial charge >= 0.3 is 0 Å². The number of benzene rings is 1. The van der Waals surface area contributed by atoms with Crippen molar-refractivity contribution in [1.29, 1.82) is 0 Å². The molecule has 36 heavy (non-hydrogen) atoms. The first-order chi connectivity index (χ1) is 17.1. The van der Waals surface area contributed by atoms with Gasteiger partial charge in [0.25, 0.3) is 10.0 Å². The minimum atomic E-state index is -3.82. The summed E-state index contributed by atoms with van der Waals surface area (Å²) in [5, 5.41) is 11.4. The molecule has 1 aromatic rings. The van der Waals surface area contributed by atoms with Crippen LogP contribution in [-0.4, -0.2) is 25.5 Å². The molecule has 0 radical (unpaired) electrons. The molecule has 4 fully saturated rings. The molecule has 0 heterocycles. The Morgan fingerprint density at radius 2 is 1.75 bits per heavy atom. The summed E-state index contributed by atoms with van der Waals surface area (Å²) >= 11 is 0. The Morgan fingerprint density at radius 1 is 1.03 bits per heavy atom. The highest BCUT2D eigenvalue weighted by atomic mass is 32.2. The number of aliphatic hydroxyl groups excluding tert-OH is 1. The van der Waals surface area contributed by atoms with Gasteiger partial charge in [-0.2, -0.15) is 0 Å². The molecule has 0 aromatic heterocycles. The maximum absolute atomic E-state index is 12.6. The summed E-state index contributed by atoms with van der Waals surface area (Å²) in [4.78, 5) is 12.7. The number of rotatable bonds is 6. The maximum atomic E-state index is 12.6. The zero-order valence-corrected chi connectivity index (χ0v) is 23.1. The quantitative estimate of drug-likeness (QED) is 0.492. The summed E-state index contributed by atoms with van der Waals surface area (Å²) in [5.41, 5.74) is 0.599. The van der Waals surface area contributed by atoms with Gasteiger partial charge < -0.3 is 5.11 Å². The Hall–Kier alpha value is -1.40. The SMILES string of the molecule is C[C@H](CCC(=O)NS(=O)(=O)c1ccccc1)[C@H]1CCC2C3C(CC[C@@]21C)[C@@]1(C)CCCC[C@H]1C[C@@H]3O. The number of fused-ring (bicyclic) bond motifs is 5. The number of aliphatic hydroxyl groups is 1. The maximum Gasteiger partial charge on any atom is 0.264 e. The van der Waals surface area contributed by atoms with Crippen LogP contribution >= 0.6 is 0 Å². The summed E-state index contributed by atoms with van der Waals surface area (Å²) in [5.74, 6) is 2.76. The largest absolute Gasteiger partial charge is 0.393 e. The topological polar surface area (TPSA) is 83.5 Å². The predicted molar refractivity (Wildman–Crippen MR) is 141 cm³/mol. The van der Waals surface area contributed by atoms with Crippen LogP contribution in [-0.2, 0) is 14.8 Å². The molecule has 1 aromatic carbocycles. The first kappa shape index (κ1) is 26.2. The zero-order chi connectivity index (χ0) is 25.7. The molecule has 3 unspecified atom stereocenters. The van der Waals surface area contributed by atoms with Gasteiger partial charge in [0.15, 0.2) is 0 Å². The lowest BCUT2D eigenvalue weighted by atomic mass is 9.44. The summed E-state index contributed by atoms with van der Waals surface area (Å²) in [6.45, 7) is 7.25. The molecular formula is C30H45NO4S.